The van der Waals surface area contributed by atoms with Gasteiger partial charge in [-0.1, -0.05) is 13.0 Å². The number of nitrogens with one attached hydrogen (secondary N) is 1. The van der Waals surface area contributed by atoms with Gasteiger partial charge in [-0.05, 0) is 18.7 Å². The normalized spacial score (nSPS) is 28.1. The Bertz CT molecular complexity index is 516. The zero-order chi connectivity index (χ0) is 12.2. The average Bonchev–Trinajstić information content (AvgIpc) is 2.63. The van der Waals surface area contributed by atoms with Crippen LogP contribution in [0.25, 0.3) is 6.08 Å². The van der Waals surface area contributed by atoms with Crippen molar-refractivity contribution in [2.24, 2.45) is 5.92 Å². The van der Waals surface area contributed by atoms with E-state index in [1.807, 2.05) is 31.0 Å². The molecular weight excluding hydrogens is 216 g/mol. The van der Waals surface area contributed by atoms with E-state index < -0.39 is 6.23 Å². The number of fused-ring (bicyclic) bond motifs is 3. The van der Waals surface area contributed by atoms with Crippen LogP contribution in [0.5, 0.6) is 0 Å². The highest BCUT2D eigenvalue weighted by Crippen LogP contribution is 2.32. The van der Waals surface area contributed by atoms with Gasteiger partial charge in [-0.15, -0.1) is 0 Å². The molecule has 2 aliphatic rings. The van der Waals surface area contributed by atoms with Gasteiger partial charge in [-0.2, -0.15) is 0 Å². The third-order valence-electron chi connectivity index (χ3n) is 3.74. The first-order valence-electron chi connectivity index (χ1n) is 5.92. The molecule has 2 unspecified atom stereocenters. The molecule has 1 aliphatic heterocycles. The van der Waals surface area contributed by atoms with Crippen LogP contribution >= 0.6 is 0 Å². The van der Waals surface area contributed by atoms with Gasteiger partial charge in [0.15, 0.2) is 5.78 Å². The van der Waals surface area contributed by atoms with Crippen LogP contribution in [-0.4, -0.2) is 34.0 Å². The highest BCUT2D eigenvalue weighted by molar-refractivity contribution is 6.05. The van der Waals surface area contributed by atoms with Crippen LogP contribution in [0.2, 0.25) is 0 Å². The Labute approximate surface area is 99.9 Å². The molecule has 0 bridgehead atoms. The molecule has 17 heavy (non-hydrogen) atoms. The van der Waals surface area contributed by atoms with Crippen LogP contribution in [0.4, 0.5) is 0 Å². The second-order valence-corrected chi connectivity index (χ2v) is 4.98. The molecule has 4 nitrogen and oxygen atoms in total. The van der Waals surface area contributed by atoms with E-state index in [9.17, 15) is 9.90 Å². The monoisotopic (exact) mass is 232 g/mol. The summed E-state index contributed by atoms with van der Waals surface area (Å²) in [5.41, 5.74) is 3.80. The Morgan fingerprint density at radius 3 is 3.06 bits per heavy atom. The minimum Gasteiger partial charge on any atom is -0.378 e. The van der Waals surface area contributed by atoms with Crippen LogP contribution in [0.15, 0.2) is 6.08 Å². The van der Waals surface area contributed by atoms with E-state index in [1.165, 1.54) is 0 Å². The molecule has 1 aromatic rings. The number of Topliss-reactive ketones (excluding diaryl/α,β-unsaturated/α-hetero) is 1. The first-order valence-corrected chi connectivity index (χ1v) is 5.92. The number of likely N-dealkylation sites (N-methyl/N-ethyl adjacent to an activating group) is 1. The summed E-state index contributed by atoms with van der Waals surface area (Å²) in [5.74, 6) is 0.143. The zero-order valence-corrected chi connectivity index (χ0v) is 10.0. The van der Waals surface area contributed by atoms with E-state index >= 15 is 0 Å². The van der Waals surface area contributed by atoms with E-state index in [4.69, 9.17) is 0 Å². The number of aromatic nitrogens is 1. The molecule has 0 amide bonds. The van der Waals surface area contributed by atoms with Gasteiger partial charge >= 0.3 is 0 Å². The molecule has 4 heteroatoms. The van der Waals surface area contributed by atoms with Gasteiger partial charge in [0.1, 0.15) is 6.23 Å². The van der Waals surface area contributed by atoms with Crippen molar-refractivity contribution in [2.45, 2.75) is 26.1 Å². The molecule has 90 valence electrons. The van der Waals surface area contributed by atoms with Crippen molar-refractivity contribution in [2.75, 3.05) is 7.05 Å². The Balaban J connectivity index is 2.13. The van der Waals surface area contributed by atoms with Crippen molar-refractivity contribution in [1.29, 1.82) is 0 Å². The summed E-state index contributed by atoms with van der Waals surface area (Å²) in [7, 11) is 1.87. The highest BCUT2D eigenvalue weighted by Gasteiger charge is 2.32. The lowest BCUT2D eigenvalue weighted by atomic mass is 9.89. The summed E-state index contributed by atoms with van der Waals surface area (Å²) >= 11 is 0. The fraction of sp³-hybridized carbons (Fsp3) is 0.462. The molecule has 2 atom stereocenters. The molecule has 3 rings (SSSR count). The topological polar surface area (TPSA) is 56.3 Å². The third kappa shape index (κ3) is 1.48. The maximum Gasteiger partial charge on any atom is 0.171 e. The minimum atomic E-state index is -0.459. The molecule has 0 spiro atoms. The Morgan fingerprint density at radius 1 is 1.53 bits per heavy atom. The van der Waals surface area contributed by atoms with Crippen LogP contribution < -0.4 is 0 Å². The minimum absolute atomic E-state index is 0.0421. The summed E-state index contributed by atoms with van der Waals surface area (Å²) in [6.07, 6.45) is 4.01. The number of carbonyl (C=O) groups is 1. The van der Waals surface area contributed by atoms with Crippen molar-refractivity contribution in [3.8, 4) is 0 Å². The molecule has 1 aromatic heterocycles. The van der Waals surface area contributed by atoms with Gasteiger partial charge in [0, 0.05) is 35.8 Å². The summed E-state index contributed by atoms with van der Waals surface area (Å²) in [6.45, 7) is 2.55. The predicted octanol–water partition coefficient (Wildman–Crippen LogP) is 1.17. The highest BCUT2D eigenvalue weighted by atomic mass is 16.3. The number of H-pyrrole nitrogens is 1. The van der Waals surface area contributed by atoms with Gasteiger partial charge in [-0.25, -0.2) is 0 Å². The second kappa shape index (κ2) is 3.55. The van der Waals surface area contributed by atoms with Crippen LogP contribution in [0, 0.1) is 5.92 Å². The molecule has 0 aromatic carbocycles. The lowest BCUT2D eigenvalue weighted by Crippen LogP contribution is -2.37. The number of aliphatic hydroxyl groups is 1. The smallest absolute Gasteiger partial charge is 0.171 e. The van der Waals surface area contributed by atoms with E-state index in [1.54, 1.807) is 0 Å². The molecule has 2 heterocycles. The van der Waals surface area contributed by atoms with Gasteiger partial charge in [-0.3, -0.25) is 9.69 Å². The molecule has 0 fully saturated rings. The van der Waals surface area contributed by atoms with Gasteiger partial charge in [0.25, 0.3) is 0 Å². The van der Waals surface area contributed by atoms with Crippen LogP contribution in [0.1, 0.15) is 34.2 Å². The zero-order valence-electron chi connectivity index (χ0n) is 10.0. The SMILES string of the molecule is CC1C=Cc2[nH]c3c(c2C1=O)CN(C)C(O)C3. The molecule has 2 N–H and O–H groups in total. The van der Waals surface area contributed by atoms with E-state index in [2.05, 4.69) is 4.98 Å². The Morgan fingerprint density at radius 2 is 2.29 bits per heavy atom. The lowest BCUT2D eigenvalue weighted by Gasteiger charge is -2.29. The number of aromatic amines is 1. The van der Waals surface area contributed by atoms with E-state index in [0.29, 0.717) is 13.0 Å². The number of nitrogens with zero attached hydrogens (tertiary/aromatic N) is 1. The molecular formula is C13H16N2O2. The van der Waals surface area contributed by atoms with Gasteiger partial charge < -0.3 is 10.1 Å². The number of hydrogen-bond donors (Lipinski definition) is 2. The fourth-order valence-corrected chi connectivity index (χ4v) is 2.62. The quantitative estimate of drug-likeness (QED) is 0.706. The number of allylic oxidation sites excluding steroid dienone is 1. The number of aliphatic hydroxyl groups excluding tert-OH is 1. The van der Waals surface area contributed by atoms with Crippen molar-refractivity contribution in [3.63, 3.8) is 0 Å². The van der Waals surface area contributed by atoms with Crippen molar-refractivity contribution >= 4 is 11.9 Å². The Hall–Kier alpha value is -1.39. The molecule has 1 aliphatic carbocycles. The van der Waals surface area contributed by atoms with E-state index in [0.717, 1.165) is 22.5 Å². The largest absolute Gasteiger partial charge is 0.378 e. The molecule has 0 radical (unpaired) electrons. The van der Waals surface area contributed by atoms with Crippen molar-refractivity contribution < 1.29 is 9.90 Å². The summed E-state index contributed by atoms with van der Waals surface area (Å²) < 4.78 is 0. The van der Waals surface area contributed by atoms with Crippen molar-refractivity contribution in [1.82, 2.24) is 9.88 Å². The van der Waals surface area contributed by atoms with Crippen LogP contribution in [0.3, 0.4) is 0 Å². The average molecular weight is 232 g/mol. The number of rotatable bonds is 0. The summed E-state index contributed by atoms with van der Waals surface area (Å²) in [4.78, 5) is 17.3. The van der Waals surface area contributed by atoms with Gasteiger partial charge in [0.05, 0.1) is 0 Å². The second-order valence-electron chi connectivity index (χ2n) is 4.98. The Kier molecular flexibility index (Phi) is 2.24. The third-order valence-corrected chi connectivity index (χ3v) is 3.74. The van der Waals surface area contributed by atoms with Crippen molar-refractivity contribution in [3.05, 3.63) is 28.6 Å². The fourth-order valence-electron chi connectivity index (χ4n) is 2.62. The summed E-state index contributed by atoms with van der Waals surface area (Å²) in [5, 5.41) is 9.81. The molecule has 0 saturated heterocycles. The first-order chi connectivity index (χ1) is 8.08. The maximum absolute atomic E-state index is 12.2. The van der Waals surface area contributed by atoms with Crippen LogP contribution in [-0.2, 0) is 13.0 Å². The number of carbonyl (C=O) groups excluding carboxylic acids is 1. The van der Waals surface area contributed by atoms with E-state index in [-0.39, 0.29) is 11.7 Å². The first kappa shape index (κ1) is 10.7. The number of hydrogen-bond acceptors (Lipinski definition) is 3. The summed E-state index contributed by atoms with van der Waals surface area (Å²) in [6, 6.07) is 0. The standard InChI is InChI=1S/C13H16N2O2/c1-7-3-4-9-12(13(7)17)8-6-15(2)11(16)5-10(8)14-9/h3-4,7,11,14,16H,5-6H2,1-2H3. The molecule has 0 saturated carbocycles. The maximum atomic E-state index is 12.2. The van der Waals surface area contributed by atoms with Gasteiger partial charge in [0.2, 0.25) is 0 Å². The predicted molar refractivity (Wildman–Crippen MR) is 64.5 cm³/mol. The lowest BCUT2D eigenvalue weighted by molar-refractivity contribution is 0.00803. The number of ketones is 1.